The van der Waals surface area contributed by atoms with Crippen LogP contribution in [-0.2, 0) is 36.3 Å². The summed E-state index contributed by atoms with van der Waals surface area (Å²) in [4.78, 5) is 0. The van der Waals surface area contributed by atoms with E-state index in [2.05, 4.69) is 6.92 Å². The van der Waals surface area contributed by atoms with Crippen LogP contribution in [0.5, 0.6) is 0 Å². The second-order valence-corrected chi connectivity index (χ2v) is 8.64. The molecule has 120 valence electrons. The number of phosphoric ester groups is 2. The lowest BCUT2D eigenvalue weighted by atomic mass is 10.00. The molecule has 0 N–H and O–H groups in total. The second-order valence-electron chi connectivity index (χ2n) is 5.73. The number of fused-ring (bicyclic) bond motifs is 1. The molecule has 0 spiro atoms. The zero-order valence-electron chi connectivity index (χ0n) is 11.7. The van der Waals surface area contributed by atoms with Crippen molar-refractivity contribution in [2.75, 3.05) is 0 Å². The van der Waals surface area contributed by atoms with E-state index in [1.165, 1.54) is 19.3 Å². The Bertz CT molecular complexity index is 512. The van der Waals surface area contributed by atoms with Crippen molar-refractivity contribution in [3.8, 4) is 0 Å². The quantitative estimate of drug-likeness (QED) is 0.486. The molecule has 8 nitrogen and oxygen atoms in total. The van der Waals surface area contributed by atoms with Gasteiger partial charge in [-0.15, -0.1) is 0 Å². The lowest BCUT2D eigenvalue weighted by Gasteiger charge is -2.61. The summed E-state index contributed by atoms with van der Waals surface area (Å²) in [6, 6.07) is 0. The van der Waals surface area contributed by atoms with E-state index < -0.39 is 33.5 Å². The van der Waals surface area contributed by atoms with E-state index in [-0.39, 0.29) is 0 Å². The first kappa shape index (κ1) is 14.8. The van der Waals surface area contributed by atoms with Crippen LogP contribution in [0, 0.1) is 0 Å². The molecule has 6 saturated heterocycles. The monoisotopic (exact) mass is 340 g/mol. The minimum absolute atomic E-state index is 0.594. The summed E-state index contributed by atoms with van der Waals surface area (Å²) in [7, 11) is -6.85. The van der Waals surface area contributed by atoms with E-state index in [0.717, 1.165) is 19.3 Å². The van der Waals surface area contributed by atoms with Crippen LogP contribution in [0.25, 0.3) is 0 Å². The molecule has 6 aliphatic rings. The van der Waals surface area contributed by atoms with Crippen LogP contribution in [-0.4, -0.2) is 17.9 Å². The molecule has 0 aromatic carbocycles. The highest BCUT2D eigenvalue weighted by Gasteiger charge is 2.94. The van der Waals surface area contributed by atoms with Crippen LogP contribution < -0.4 is 0 Å². The van der Waals surface area contributed by atoms with Gasteiger partial charge in [0, 0.05) is 0 Å². The van der Waals surface area contributed by atoms with Crippen molar-refractivity contribution in [2.24, 2.45) is 0 Å². The maximum Gasteiger partial charge on any atom is 0.488 e. The lowest BCUT2D eigenvalue weighted by molar-refractivity contribution is -0.524. The zero-order valence-corrected chi connectivity index (χ0v) is 13.5. The average Bonchev–Trinajstić information content (AvgIpc) is 2.76. The molecule has 6 aliphatic heterocycles. The summed E-state index contributed by atoms with van der Waals surface area (Å²) in [5.74, 6) is -3.14. The number of phosphoric acid groups is 2. The zero-order chi connectivity index (χ0) is 14.8. The molecule has 0 aromatic rings. The van der Waals surface area contributed by atoms with Gasteiger partial charge < -0.3 is 0 Å². The largest absolute Gasteiger partial charge is 0.488 e. The molecule has 0 radical (unpaired) electrons. The third kappa shape index (κ3) is 1.98. The fourth-order valence-electron chi connectivity index (χ4n) is 3.04. The summed E-state index contributed by atoms with van der Waals surface area (Å²) < 4.78 is 54.0. The van der Waals surface area contributed by atoms with Gasteiger partial charge in [-0.3, -0.25) is 4.52 Å². The third-order valence-corrected chi connectivity index (χ3v) is 7.01. The van der Waals surface area contributed by atoms with E-state index in [1.807, 2.05) is 0 Å². The number of unbranched alkanes of at least 4 members (excludes halogenated alkanes) is 5. The first-order valence-electron chi connectivity index (χ1n) is 7.37. The molecule has 1 unspecified atom stereocenters. The van der Waals surface area contributed by atoms with E-state index >= 15 is 0 Å². The SMILES string of the molecule is CCCCCCCCC1OP2(=O)OC1(C13OP(=O)(O1)O3)O2. The Morgan fingerprint density at radius 1 is 0.857 bits per heavy atom. The molecule has 21 heavy (non-hydrogen) atoms. The minimum Gasteiger partial charge on any atom is -0.277 e. The predicted molar refractivity (Wildman–Crippen MR) is 69.0 cm³/mol. The molecule has 4 bridgehead atoms. The standard InChI is InChI=1S/C11H18O8P2/c1-2-3-4-5-6-7-8-9-10(15-20(12,14-9)16-10)11-17-21(13,18-11)19-11/h9H,2-8H2,1H3. The van der Waals surface area contributed by atoms with Crippen molar-refractivity contribution in [3.05, 3.63) is 0 Å². The maximum atomic E-state index is 11.9. The van der Waals surface area contributed by atoms with E-state index in [1.54, 1.807) is 0 Å². The highest BCUT2D eigenvalue weighted by molar-refractivity contribution is 7.52. The predicted octanol–water partition coefficient (Wildman–Crippen LogP) is 3.83. The minimum atomic E-state index is -3.49. The molecule has 6 fully saturated rings. The molecule has 0 saturated carbocycles. The van der Waals surface area contributed by atoms with Gasteiger partial charge in [0.1, 0.15) is 6.10 Å². The number of hydrogen-bond donors (Lipinski definition) is 0. The van der Waals surface area contributed by atoms with Gasteiger partial charge in [-0.05, 0) is 6.42 Å². The maximum absolute atomic E-state index is 11.9. The van der Waals surface area contributed by atoms with Crippen molar-refractivity contribution < 1.29 is 36.3 Å². The van der Waals surface area contributed by atoms with Gasteiger partial charge in [0.25, 0.3) is 5.79 Å². The van der Waals surface area contributed by atoms with Crippen molar-refractivity contribution in [1.29, 1.82) is 0 Å². The molecule has 6 heterocycles. The Kier molecular flexibility index (Phi) is 3.25. The van der Waals surface area contributed by atoms with E-state index in [0.29, 0.717) is 6.42 Å². The molecule has 0 aliphatic carbocycles. The van der Waals surface area contributed by atoms with E-state index in [4.69, 9.17) is 27.1 Å². The lowest BCUT2D eigenvalue weighted by Crippen LogP contribution is -2.75. The molecule has 10 heteroatoms. The Morgan fingerprint density at radius 2 is 1.48 bits per heavy atom. The molecule has 6 rings (SSSR count). The summed E-state index contributed by atoms with van der Waals surface area (Å²) >= 11 is 0. The van der Waals surface area contributed by atoms with Crippen molar-refractivity contribution >= 4 is 15.6 Å². The van der Waals surface area contributed by atoms with Gasteiger partial charge in [-0.1, -0.05) is 45.4 Å². The summed E-state index contributed by atoms with van der Waals surface area (Å²) in [6.07, 6.45) is 6.73. The van der Waals surface area contributed by atoms with Crippen LogP contribution in [0.4, 0.5) is 0 Å². The van der Waals surface area contributed by atoms with Crippen molar-refractivity contribution in [2.45, 2.75) is 69.7 Å². The Labute approximate surface area is 122 Å². The van der Waals surface area contributed by atoms with Crippen LogP contribution in [0.15, 0.2) is 0 Å². The third-order valence-electron chi connectivity index (χ3n) is 4.12. The molecular formula is C11H18O8P2. The molecule has 1 atom stereocenters. The van der Waals surface area contributed by atoms with Crippen molar-refractivity contribution in [1.82, 2.24) is 0 Å². The fraction of sp³-hybridized carbons (Fsp3) is 1.00. The van der Waals surface area contributed by atoms with Crippen LogP contribution in [0.2, 0.25) is 0 Å². The fourth-order valence-corrected chi connectivity index (χ4v) is 6.12. The Balaban J connectivity index is 1.33. The van der Waals surface area contributed by atoms with Crippen LogP contribution in [0.1, 0.15) is 51.9 Å². The average molecular weight is 340 g/mol. The first-order valence-corrected chi connectivity index (χ1v) is 10.3. The first-order chi connectivity index (χ1) is 9.95. The van der Waals surface area contributed by atoms with Gasteiger partial charge >= 0.3 is 21.6 Å². The van der Waals surface area contributed by atoms with Gasteiger partial charge in [-0.2, -0.15) is 0 Å². The normalized spacial score (nSPS) is 52.9. The Morgan fingerprint density at radius 3 is 2.10 bits per heavy atom. The van der Waals surface area contributed by atoms with Crippen LogP contribution in [0.3, 0.4) is 0 Å². The Hall–Kier alpha value is 0.220. The van der Waals surface area contributed by atoms with Gasteiger partial charge in [0.15, 0.2) is 0 Å². The highest BCUT2D eigenvalue weighted by Crippen LogP contribution is 2.90. The topological polar surface area (TPSA) is 89.5 Å². The number of hydrogen-bond acceptors (Lipinski definition) is 8. The van der Waals surface area contributed by atoms with E-state index in [9.17, 15) is 9.13 Å². The molecule has 0 amide bonds. The van der Waals surface area contributed by atoms with Crippen LogP contribution >= 0.6 is 15.6 Å². The summed E-state index contributed by atoms with van der Waals surface area (Å²) in [5.41, 5.74) is 0. The number of rotatable bonds is 8. The summed E-state index contributed by atoms with van der Waals surface area (Å²) in [5, 5.41) is 0. The molecule has 0 aromatic heterocycles. The molecular weight excluding hydrogens is 322 g/mol. The van der Waals surface area contributed by atoms with Gasteiger partial charge in [-0.25, -0.2) is 31.7 Å². The summed E-state index contributed by atoms with van der Waals surface area (Å²) in [6.45, 7) is 2.17. The second kappa shape index (κ2) is 4.62. The smallest absolute Gasteiger partial charge is 0.277 e. The van der Waals surface area contributed by atoms with Gasteiger partial charge in [0.2, 0.25) is 0 Å². The van der Waals surface area contributed by atoms with Crippen molar-refractivity contribution in [3.63, 3.8) is 0 Å². The van der Waals surface area contributed by atoms with Gasteiger partial charge in [0.05, 0.1) is 0 Å². The highest BCUT2D eigenvalue weighted by atomic mass is 31.2.